The van der Waals surface area contributed by atoms with Crippen LogP contribution in [0.15, 0.2) is 36.4 Å². The Morgan fingerprint density at radius 3 is 2.70 bits per heavy atom. The Morgan fingerprint density at radius 1 is 1.27 bits per heavy atom. The third kappa shape index (κ3) is 4.41. The van der Waals surface area contributed by atoms with Gasteiger partial charge in [0.2, 0.25) is 5.91 Å². The molecule has 2 atom stereocenters. The van der Waals surface area contributed by atoms with E-state index in [1.165, 1.54) is 12.0 Å². The topological polar surface area (TPSA) is 80.8 Å². The van der Waals surface area contributed by atoms with Crippen molar-refractivity contribution in [2.24, 2.45) is 0 Å². The molecule has 1 aliphatic heterocycles. The van der Waals surface area contributed by atoms with E-state index in [9.17, 15) is 9.59 Å². The number of carbonyl (C=O) groups excluding carboxylic acids is 2. The lowest BCUT2D eigenvalue weighted by molar-refractivity contribution is -0.128. The first-order valence-corrected chi connectivity index (χ1v) is 11.6. The third-order valence-electron chi connectivity index (χ3n) is 5.47. The van der Waals surface area contributed by atoms with Crippen molar-refractivity contribution in [2.75, 3.05) is 17.3 Å². The molecule has 0 spiro atoms. The normalized spacial score (nSPS) is 16.1. The Kier molecular flexibility index (Phi) is 6.32. The molecule has 4 rings (SSSR count). The van der Waals surface area contributed by atoms with Gasteiger partial charge in [0.25, 0.3) is 5.91 Å². The van der Waals surface area contributed by atoms with Crippen LogP contribution in [0.25, 0.3) is 11.3 Å². The van der Waals surface area contributed by atoms with Crippen LogP contribution < -0.4 is 19.7 Å². The zero-order chi connectivity index (χ0) is 23.9. The number of aromatic nitrogens is 1. The highest BCUT2D eigenvalue weighted by Crippen LogP contribution is 2.40. The summed E-state index contributed by atoms with van der Waals surface area (Å²) in [6.07, 6.45) is -0.720. The summed E-state index contributed by atoms with van der Waals surface area (Å²) in [5.74, 6) is 0.329. The molecule has 9 heteroatoms. The largest absolute Gasteiger partial charge is 0.495 e. The molecule has 172 valence electrons. The Hall–Kier alpha value is -3.10. The van der Waals surface area contributed by atoms with E-state index >= 15 is 0 Å². The lowest BCUT2D eigenvalue weighted by Gasteiger charge is -2.36. The number of methoxy groups -OCH3 is 1. The second-order valence-corrected chi connectivity index (χ2v) is 9.64. The highest BCUT2D eigenvalue weighted by atomic mass is 35.5. The molecule has 1 N–H and O–H groups in total. The van der Waals surface area contributed by atoms with Crippen molar-refractivity contribution in [2.45, 2.75) is 39.8 Å². The van der Waals surface area contributed by atoms with Crippen molar-refractivity contribution >= 4 is 46.1 Å². The molecule has 0 bridgehead atoms. The fraction of sp³-hybridized carbons (Fsp3) is 0.292. The monoisotopic (exact) mass is 485 g/mol. The third-order valence-corrected chi connectivity index (χ3v) is 6.59. The van der Waals surface area contributed by atoms with Crippen LogP contribution in [0, 0.1) is 13.8 Å². The van der Waals surface area contributed by atoms with Crippen molar-refractivity contribution in [3.8, 4) is 22.8 Å². The van der Waals surface area contributed by atoms with Crippen molar-refractivity contribution in [1.29, 1.82) is 0 Å². The predicted molar refractivity (Wildman–Crippen MR) is 131 cm³/mol. The number of nitrogens with zero attached hydrogens (tertiary/aromatic N) is 2. The van der Waals surface area contributed by atoms with E-state index in [0.29, 0.717) is 27.9 Å². The van der Waals surface area contributed by atoms with Crippen LogP contribution in [-0.2, 0) is 9.59 Å². The average Bonchev–Trinajstić information content (AvgIpc) is 3.12. The first kappa shape index (κ1) is 23.1. The van der Waals surface area contributed by atoms with E-state index in [-0.39, 0.29) is 11.8 Å². The van der Waals surface area contributed by atoms with Gasteiger partial charge in [-0.2, -0.15) is 0 Å². The molecular formula is C24H24ClN3O4S. The SMILES string of the molecule is COc1ccc(Cl)cc1NC(=O)C(C)N1C(=O)C(C)Oc2ccc(-c3nc(C)sc3C)cc21. The highest BCUT2D eigenvalue weighted by Gasteiger charge is 2.37. The van der Waals surface area contributed by atoms with E-state index in [0.717, 1.165) is 21.1 Å². The Balaban J connectivity index is 1.70. The maximum Gasteiger partial charge on any atom is 0.268 e. The molecule has 2 unspecified atom stereocenters. The van der Waals surface area contributed by atoms with E-state index < -0.39 is 12.1 Å². The first-order valence-electron chi connectivity index (χ1n) is 10.4. The number of fused-ring (bicyclic) bond motifs is 1. The summed E-state index contributed by atoms with van der Waals surface area (Å²) in [7, 11) is 1.51. The molecule has 1 aromatic heterocycles. The number of halogens is 1. The van der Waals surface area contributed by atoms with Crippen molar-refractivity contribution < 1.29 is 19.1 Å². The molecule has 7 nitrogen and oxygen atoms in total. The van der Waals surface area contributed by atoms with Gasteiger partial charge in [-0.1, -0.05) is 11.6 Å². The van der Waals surface area contributed by atoms with Gasteiger partial charge in [0.05, 0.1) is 29.2 Å². The summed E-state index contributed by atoms with van der Waals surface area (Å²) in [5.41, 5.74) is 2.67. The van der Waals surface area contributed by atoms with Crippen LogP contribution in [0.3, 0.4) is 0 Å². The van der Waals surface area contributed by atoms with Gasteiger partial charge in [-0.15, -0.1) is 11.3 Å². The predicted octanol–water partition coefficient (Wildman–Crippen LogP) is 5.23. The number of thiazole rings is 1. The van der Waals surface area contributed by atoms with Crippen molar-refractivity contribution in [1.82, 2.24) is 4.98 Å². The standard InChI is InChI=1S/C24H24ClN3O4S/c1-12(23(29)27-18-11-17(25)7-9-20(18)31-5)28-19-10-16(22-14(3)33-15(4)26-22)6-8-21(19)32-13(2)24(28)30/h6-13H,1-5H3,(H,27,29). The molecular weight excluding hydrogens is 462 g/mol. The average molecular weight is 486 g/mol. The molecule has 0 aliphatic carbocycles. The fourth-order valence-corrected chi connectivity index (χ4v) is 4.85. The molecule has 0 radical (unpaired) electrons. The Bertz CT molecular complexity index is 1240. The number of rotatable bonds is 5. The van der Waals surface area contributed by atoms with Gasteiger partial charge in [0.1, 0.15) is 17.5 Å². The van der Waals surface area contributed by atoms with Gasteiger partial charge in [0.15, 0.2) is 6.10 Å². The summed E-state index contributed by atoms with van der Waals surface area (Å²) in [4.78, 5) is 33.5. The Labute approximate surface area is 201 Å². The van der Waals surface area contributed by atoms with Gasteiger partial charge in [-0.05, 0) is 64.1 Å². The minimum Gasteiger partial charge on any atom is -0.495 e. The molecule has 33 heavy (non-hydrogen) atoms. The molecule has 2 aromatic carbocycles. The number of ether oxygens (including phenoxy) is 2. The number of anilines is 2. The number of hydrogen-bond acceptors (Lipinski definition) is 6. The minimum absolute atomic E-state index is 0.300. The van der Waals surface area contributed by atoms with Crippen molar-refractivity contribution in [3.63, 3.8) is 0 Å². The van der Waals surface area contributed by atoms with Crippen LogP contribution in [0.5, 0.6) is 11.5 Å². The zero-order valence-corrected chi connectivity index (χ0v) is 20.5. The van der Waals surface area contributed by atoms with Gasteiger partial charge >= 0.3 is 0 Å². The van der Waals surface area contributed by atoms with E-state index in [1.807, 2.05) is 32.0 Å². The summed E-state index contributed by atoms with van der Waals surface area (Å²) < 4.78 is 11.1. The Morgan fingerprint density at radius 2 is 2.03 bits per heavy atom. The number of aryl methyl sites for hydroxylation is 2. The summed E-state index contributed by atoms with van der Waals surface area (Å²) in [6.45, 7) is 7.31. The highest BCUT2D eigenvalue weighted by molar-refractivity contribution is 7.11. The second kappa shape index (κ2) is 9.03. The molecule has 0 saturated carbocycles. The second-order valence-electron chi connectivity index (χ2n) is 7.80. The summed E-state index contributed by atoms with van der Waals surface area (Å²) in [6, 6.07) is 9.72. The van der Waals surface area contributed by atoms with Gasteiger partial charge in [-0.25, -0.2) is 4.98 Å². The molecule has 3 aromatic rings. The number of hydrogen-bond donors (Lipinski definition) is 1. The number of carbonyl (C=O) groups is 2. The minimum atomic E-state index is -0.820. The quantitative estimate of drug-likeness (QED) is 0.535. The molecule has 0 fully saturated rings. The summed E-state index contributed by atoms with van der Waals surface area (Å²) in [5, 5.41) is 4.25. The van der Waals surface area contributed by atoms with Gasteiger partial charge < -0.3 is 14.8 Å². The van der Waals surface area contributed by atoms with Crippen LogP contribution in [0.1, 0.15) is 23.7 Å². The van der Waals surface area contributed by atoms with Crippen molar-refractivity contribution in [3.05, 3.63) is 51.3 Å². The van der Waals surface area contributed by atoms with E-state index in [4.69, 9.17) is 21.1 Å². The number of benzene rings is 2. The van der Waals surface area contributed by atoms with E-state index in [2.05, 4.69) is 10.3 Å². The maximum absolute atomic E-state index is 13.2. The number of nitrogens with one attached hydrogen (secondary N) is 1. The van der Waals surface area contributed by atoms with E-state index in [1.54, 1.807) is 43.4 Å². The fourth-order valence-electron chi connectivity index (χ4n) is 3.84. The van der Waals surface area contributed by atoms with Crippen LogP contribution in [0.2, 0.25) is 5.02 Å². The smallest absolute Gasteiger partial charge is 0.268 e. The number of amides is 2. The molecule has 1 aliphatic rings. The first-order chi connectivity index (χ1) is 15.7. The van der Waals surface area contributed by atoms with Gasteiger partial charge in [0, 0.05) is 15.5 Å². The molecule has 2 heterocycles. The van der Waals surface area contributed by atoms with Gasteiger partial charge in [-0.3, -0.25) is 14.5 Å². The molecule has 0 saturated heterocycles. The lowest BCUT2D eigenvalue weighted by atomic mass is 10.1. The van der Waals surface area contributed by atoms with Crippen LogP contribution in [0.4, 0.5) is 11.4 Å². The molecule has 2 amide bonds. The van der Waals surface area contributed by atoms with Crippen LogP contribution >= 0.6 is 22.9 Å². The maximum atomic E-state index is 13.2. The zero-order valence-electron chi connectivity index (χ0n) is 18.9. The van der Waals surface area contributed by atoms with Crippen LogP contribution in [-0.4, -0.2) is 36.1 Å². The summed E-state index contributed by atoms with van der Waals surface area (Å²) >= 11 is 7.70. The lowest BCUT2D eigenvalue weighted by Crippen LogP contribution is -2.52.